The van der Waals surface area contributed by atoms with E-state index >= 15 is 0 Å². The van der Waals surface area contributed by atoms with Crippen molar-refractivity contribution in [3.63, 3.8) is 0 Å². The molecule has 3 unspecified atom stereocenters. The molecular weight excluding hydrogens is 320 g/mol. The molecule has 3 atom stereocenters. The van der Waals surface area contributed by atoms with E-state index in [0.717, 1.165) is 13.0 Å². The minimum Gasteiger partial charge on any atom is -0.365 e. The molecule has 4 nitrogen and oxygen atoms in total. The first-order chi connectivity index (χ1) is 11.6. The van der Waals surface area contributed by atoms with Gasteiger partial charge in [0.25, 0.3) is 11.8 Å². The fourth-order valence-electron chi connectivity index (χ4n) is 4.32. The molecule has 2 heterocycles. The number of likely N-dealkylation sites (tertiary alicyclic amines) is 1. The van der Waals surface area contributed by atoms with Crippen molar-refractivity contribution in [3.05, 3.63) is 57.8 Å². The number of fused-ring (bicyclic) bond motifs is 1. The lowest BCUT2D eigenvalue weighted by Crippen LogP contribution is -2.35. The van der Waals surface area contributed by atoms with Gasteiger partial charge in [0.05, 0.1) is 9.75 Å². The number of hydrogen-bond acceptors (Lipinski definition) is 3. The molecule has 0 bridgehead atoms. The molecule has 1 saturated heterocycles. The summed E-state index contributed by atoms with van der Waals surface area (Å²) in [6, 6.07) is 14.2. The van der Waals surface area contributed by atoms with Crippen LogP contribution in [0.2, 0.25) is 0 Å². The summed E-state index contributed by atoms with van der Waals surface area (Å²) in [5, 5.41) is 0. The van der Waals surface area contributed by atoms with Gasteiger partial charge in [-0.3, -0.25) is 9.59 Å². The van der Waals surface area contributed by atoms with Gasteiger partial charge in [0.1, 0.15) is 0 Å². The second-order valence-corrected chi connectivity index (χ2v) is 7.75. The normalized spacial score (nSPS) is 25.7. The number of carbonyl (C=O) groups excluding carboxylic acids is 2. The first-order valence-corrected chi connectivity index (χ1v) is 9.22. The maximum absolute atomic E-state index is 13.0. The highest BCUT2D eigenvalue weighted by Gasteiger charge is 2.46. The highest BCUT2D eigenvalue weighted by molar-refractivity contribution is 7.15. The predicted molar refractivity (Wildman–Crippen MR) is 94.2 cm³/mol. The Morgan fingerprint density at radius 3 is 2.50 bits per heavy atom. The van der Waals surface area contributed by atoms with E-state index in [1.54, 1.807) is 12.1 Å². The van der Waals surface area contributed by atoms with Gasteiger partial charge in [-0.05, 0) is 36.5 Å². The van der Waals surface area contributed by atoms with Gasteiger partial charge in [0.15, 0.2) is 0 Å². The third kappa shape index (κ3) is 2.53. The van der Waals surface area contributed by atoms with Crippen molar-refractivity contribution in [3.8, 4) is 0 Å². The SMILES string of the molecule is NC(=O)c1ccc(C(=O)N2CC(c3ccccc3)C3CCCC32)s1. The van der Waals surface area contributed by atoms with Gasteiger partial charge in [-0.15, -0.1) is 11.3 Å². The van der Waals surface area contributed by atoms with Crippen LogP contribution in [0.3, 0.4) is 0 Å². The molecule has 2 fully saturated rings. The topological polar surface area (TPSA) is 63.4 Å². The van der Waals surface area contributed by atoms with Crippen molar-refractivity contribution >= 4 is 23.2 Å². The van der Waals surface area contributed by atoms with Crippen LogP contribution >= 0.6 is 11.3 Å². The van der Waals surface area contributed by atoms with E-state index in [4.69, 9.17) is 5.73 Å². The van der Waals surface area contributed by atoms with Crippen LogP contribution in [0, 0.1) is 5.92 Å². The van der Waals surface area contributed by atoms with Crippen LogP contribution in [0.1, 0.15) is 50.1 Å². The van der Waals surface area contributed by atoms with Crippen LogP contribution < -0.4 is 5.73 Å². The molecule has 2 aliphatic rings. The van der Waals surface area contributed by atoms with Crippen LogP contribution in [-0.2, 0) is 0 Å². The number of rotatable bonds is 3. The average Bonchev–Trinajstić information content (AvgIpc) is 3.31. The third-order valence-corrected chi connectivity index (χ3v) is 6.48. The van der Waals surface area contributed by atoms with E-state index < -0.39 is 5.91 Å². The summed E-state index contributed by atoms with van der Waals surface area (Å²) in [5.74, 6) is 0.536. The Morgan fingerprint density at radius 1 is 1.04 bits per heavy atom. The fourth-order valence-corrected chi connectivity index (χ4v) is 5.14. The van der Waals surface area contributed by atoms with E-state index in [0.29, 0.717) is 27.6 Å². The van der Waals surface area contributed by atoms with Crippen LogP contribution in [0.4, 0.5) is 0 Å². The minimum atomic E-state index is -0.471. The number of primary amides is 1. The molecule has 1 saturated carbocycles. The molecule has 2 amide bonds. The molecule has 1 aliphatic heterocycles. The van der Waals surface area contributed by atoms with E-state index in [2.05, 4.69) is 24.3 Å². The quantitative estimate of drug-likeness (QED) is 0.932. The summed E-state index contributed by atoms with van der Waals surface area (Å²) in [5.41, 5.74) is 6.64. The molecule has 124 valence electrons. The monoisotopic (exact) mass is 340 g/mol. The standard InChI is InChI=1S/C19H20N2O2S/c20-18(22)16-9-10-17(24-16)19(23)21-11-14(12-5-2-1-3-6-12)13-7-4-8-15(13)21/h1-3,5-6,9-10,13-15H,4,7-8,11H2,(H2,20,22). The molecular formula is C19H20N2O2S. The summed E-state index contributed by atoms with van der Waals surface area (Å²) >= 11 is 1.20. The Labute approximate surface area is 145 Å². The largest absolute Gasteiger partial charge is 0.365 e. The maximum atomic E-state index is 13.0. The van der Waals surface area contributed by atoms with Gasteiger partial charge in [-0.1, -0.05) is 36.8 Å². The second-order valence-electron chi connectivity index (χ2n) is 6.66. The summed E-state index contributed by atoms with van der Waals surface area (Å²) < 4.78 is 0. The number of thiophene rings is 1. The molecule has 0 radical (unpaired) electrons. The van der Waals surface area contributed by atoms with E-state index in [1.165, 1.54) is 29.7 Å². The van der Waals surface area contributed by atoms with Crippen molar-refractivity contribution in [2.75, 3.05) is 6.54 Å². The van der Waals surface area contributed by atoms with Crippen molar-refractivity contribution in [2.24, 2.45) is 11.7 Å². The summed E-state index contributed by atoms with van der Waals surface area (Å²) in [4.78, 5) is 27.4. The van der Waals surface area contributed by atoms with Gasteiger partial charge in [0, 0.05) is 18.5 Å². The molecule has 24 heavy (non-hydrogen) atoms. The minimum absolute atomic E-state index is 0.0443. The molecule has 1 aliphatic carbocycles. The van der Waals surface area contributed by atoms with Crippen LogP contribution in [0.25, 0.3) is 0 Å². The van der Waals surface area contributed by atoms with E-state index in [-0.39, 0.29) is 5.91 Å². The van der Waals surface area contributed by atoms with E-state index in [1.807, 2.05) is 11.0 Å². The average molecular weight is 340 g/mol. The van der Waals surface area contributed by atoms with Crippen LogP contribution in [0.5, 0.6) is 0 Å². The Bertz CT molecular complexity index is 771. The zero-order valence-electron chi connectivity index (χ0n) is 13.4. The smallest absolute Gasteiger partial charge is 0.264 e. The number of amides is 2. The Balaban J connectivity index is 1.61. The van der Waals surface area contributed by atoms with E-state index in [9.17, 15) is 9.59 Å². The molecule has 0 spiro atoms. The second kappa shape index (κ2) is 6.06. The number of nitrogens with two attached hydrogens (primary N) is 1. The van der Waals surface area contributed by atoms with Gasteiger partial charge in [-0.25, -0.2) is 0 Å². The van der Waals surface area contributed by atoms with Crippen molar-refractivity contribution in [1.82, 2.24) is 4.90 Å². The summed E-state index contributed by atoms with van der Waals surface area (Å²) in [6.45, 7) is 0.766. The Morgan fingerprint density at radius 2 is 1.79 bits per heavy atom. The van der Waals surface area contributed by atoms with Gasteiger partial charge >= 0.3 is 0 Å². The zero-order valence-corrected chi connectivity index (χ0v) is 14.2. The fraction of sp³-hybridized carbons (Fsp3) is 0.368. The highest BCUT2D eigenvalue weighted by atomic mass is 32.1. The lowest BCUT2D eigenvalue weighted by molar-refractivity contribution is 0.0733. The molecule has 1 aromatic carbocycles. The molecule has 5 heteroatoms. The van der Waals surface area contributed by atoms with Crippen molar-refractivity contribution in [2.45, 2.75) is 31.2 Å². The summed E-state index contributed by atoms with van der Waals surface area (Å²) in [7, 11) is 0. The number of benzene rings is 1. The Hall–Kier alpha value is -2.14. The maximum Gasteiger partial charge on any atom is 0.264 e. The first-order valence-electron chi connectivity index (χ1n) is 8.40. The third-order valence-electron chi connectivity index (χ3n) is 5.39. The number of hydrogen-bond donors (Lipinski definition) is 1. The predicted octanol–water partition coefficient (Wildman–Crippen LogP) is 3.26. The Kier molecular flexibility index (Phi) is 3.88. The van der Waals surface area contributed by atoms with Crippen LogP contribution in [-0.4, -0.2) is 29.3 Å². The number of carbonyl (C=O) groups is 2. The lowest BCUT2D eigenvalue weighted by atomic mass is 9.87. The van der Waals surface area contributed by atoms with Crippen LogP contribution in [0.15, 0.2) is 42.5 Å². The lowest BCUT2D eigenvalue weighted by Gasteiger charge is -2.23. The highest BCUT2D eigenvalue weighted by Crippen LogP contribution is 2.46. The summed E-state index contributed by atoms with van der Waals surface area (Å²) in [6.07, 6.45) is 3.44. The zero-order chi connectivity index (χ0) is 16.7. The molecule has 2 N–H and O–H groups in total. The molecule has 1 aromatic heterocycles. The van der Waals surface area contributed by atoms with Gasteiger partial charge in [-0.2, -0.15) is 0 Å². The van der Waals surface area contributed by atoms with Crippen molar-refractivity contribution in [1.29, 1.82) is 0 Å². The van der Waals surface area contributed by atoms with Gasteiger partial charge in [0.2, 0.25) is 0 Å². The molecule has 4 rings (SSSR count). The van der Waals surface area contributed by atoms with Gasteiger partial charge < -0.3 is 10.6 Å². The molecule has 2 aromatic rings. The first kappa shape index (κ1) is 15.4. The number of nitrogens with zero attached hydrogens (tertiary/aromatic N) is 1. The van der Waals surface area contributed by atoms with Crippen molar-refractivity contribution < 1.29 is 9.59 Å².